The van der Waals surface area contributed by atoms with E-state index in [1.165, 1.54) is 6.33 Å². The van der Waals surface area contributed by atoms with Gasteiger partial charge in [0.05, 0.1) is 45.7 Å². The molecule has 1 aliphatic heterocycles. The highest BCUT2D eigenvalue weighted by molar-refractivity contribution is 5.34. The van der Waals surface area contributed by atoms with E-state index in [4.69, 9.17) is 18.9 Å². The summed E-state index contributed by atoms with van der Waals surface area (Å²) in [6.45, 7) is 3.18. The lowest BCUT2D eigenvalue weighted by Crippen LogP contribution is -2.37. The van der Waals surface area contributed by atoms with Gasteiger partial charge in [-0.2, -0.15) is 0 Å². The zero-order valence-corrected chi connectivity index (χ0v) is 11.2. The molecule has 0 amide bonds. The molecule has 1 N–H and O–H groups in total. The van der Waals surface area contributed by atoms with Crippen LogP contribution in [0.3, 0.4) is 0 Å². The predicted molar refractivity (Wildman–Crippen MR) is 67.4 cm³/mol. The molecule has 2 heterocycles. The van der Waals surface area contributed by atoms with Gasteiger partial charge >= 0.3 is 0 Å². The van der Waals surface area contributed by atoms with Gasteiger partial charge in [0.25, 0.3) is 0 Å². The van der Waals surface area contributed by atoms with E-state index in [1.54, 1.807) is 14.2 Å². The molecule has 1 unspecified atom stereocenters. The maximum Gasteiger partial charge on any atom is 0.224 e. The van der Waals surface area contributed by atoms with E-state index in [0.29, 0.717) is 44.7 Å². The van der Waals surface area contributed by atoms with Gasteiger partial charge in [-0.05, 0) is 0 Å². The van der Waals surface area contributed by atoms with Gasteiger partial charge in [-0.15, -0.1) is 0 Å². The molecule has 2 rings (SSSR count). The SMILES string of the molecule is COc1ncnc(OC)c1CNCC1COCCO1. The first-order chi connectivity index (χ1) is 9.35. The van der Waals surface area contributed by atoms with Gasteiger partial charge in [0.2, 0.25) is 11.8 Å². The Labute approximate surface area is 112 Å². The number of aromatic nitrogens is 2. The molecule has 0 aromatic carbocycles. The lowest BCUT2D eigenvalue weighted by Gasteiger charge is -2.23. The fourth-order valence-corrected chi connectivity index (χ4v) is 1.90. The summed E-state index contributed by atoms with van der Waals surface area (Å²) < 4.78 is 21.3. The lowest BCUT2D eigenvalue weighted by atomic mass is 10.3. The van der Waals surface area contributed by atoms with E-state index in [2.05, 4.69) is 15.3 Å². The molecule has 0 spiro atoms. The van der Waals surface area contributed by atoms with Crippen LogP contribution in [-0.2, 0) is 16.0 Å². The minimum atomic E-state index is 0.0790. The average molecular weight is 269 g/mol. The largest absolute Gasteiger partial charge is 0.481 e. The smallest absolute Gasteiger partial charge is 0.224 e. The maximum atomic E-state index is 5.55. The molecular formula is C12H19N3O4. The summed E-state index contributed by atoms with van der Waals surface area (Å²) in [5.74, 6) is 1.03. The van der Waals surface area contributed by atoms with Crippen molar-refractivity contribution in [2.24, 2.45) is 0 Å². The Bertz CT molecular complexity index is 374. The Morgan fingerprint density at radius 1 is 1.26 bits per heavy atom. The first-order valence-corrected chi connectivity index (χ1v) is 6.17. The summed E-state index contributed by atoms with van der Waals surface area (Å²) >= 11 is 0. The highest BCUT2D eigenvalue weighted by atomic mass is 16.6. The second-order valence-corrected chi connectivity index (χ2v) is 4.07. The molecule has 0 saturated carbocycles. The molecule has 1 atom stereocenters. The first kappa shape index (κ1) is 14.0. The molecule has 7 nitrogen and oxygen atoms in total. The number of nitrogens with zero attached hydrogens (tertiary/aromatic N) is 2. The Morgan fingerprint density at radius 2 is 2.00 bits per heavy atom. The van der Waals surface area contributed by atoms with Crippen molar-refractivity contribution in [2.75, 3.05) is 40.6 Å². The van der Waals surface area contributed by atoms with Gasteiger partial charge in [-0.25, -0.2) is 9.97 Å². The summed E-state index contributed by atoms with van der Waals surface area (Å²) in [6.07, 6.45) is 1.49. The van der Waals surface area contributed by atoms with Crippen molar-refractivity contribution >= 4 is 0 Å². The Kier molecular flexibility index (Phi) is 5.31. The van der Waals surface area contributed by atoms with Crippen LogP contribution < -0.4 is 14.8 Å². The topological polar surface area (TPSA) is 74.7 Å². The molecule has 1 aromatic heterocycles. The van der Waals surface area contributed by atoms with E-state index < -0.39 is 0 Å². The van der Waals surface area contributed by atoms with Crippen molar-refractivity contribution in [1.29, 1.82) is 0 Å². The highest BCUT2D eigenvalue weighted by Gasteiger charge is 2.16. The monoisotopic (exact) mass is 269 g/mol. The third kappa shape index (κ3) is 3.76. The van der Waals surface area contributed by atoms with Crippen LogP contribution in [0.1, 0.15) is 5.56 Å². The molecule has 0 radical (unpaired) electrons. The summed E-state index contributed by atoms with van der Waals surface area (Å²) in [5.41, 5.74) is 0.796. The van der Waals surface area contributed by atoms with Crippen LogP contribution >= 0.6 is 0 Å². The summed E-state index contributed by atoms with van der Waals surface area (Å²) in [4.78, 5) is 8.12. The standard InChI is InChI=1S/C12H19N3O4/c1-16-11-10(12(17-2)15-8-14-11)6-13-5-9-7-18-3-4-19-9/h8-9,13H,3-7H2,1-2H3. The van der Waals surface area contributed by atoms with Gasteiger partial charge in [-0.3, -0.25) is 0 Å². The van der Waals surface area contributed by atoms with Crippen LogP contribution in [-0.4, -0.2) is 56.7 Å². The molecule has 1 fully saturated rings. The van der Waals surface area contributed by atoms with E-state index in [-0.39, 0.29) is 6.10 Å². The highest BCUT2D eigenvalue weighted by Crippen LogP contribution is 2.22. The van der Waals surface area contributed by atoms with E-state index >= 15 is 0 Å². The van der Waals surface area contributed by atoms with Gasteiger partial charge in [-0.1, -0.05) is 0 Å². The number of hydrogen-bond acceptors (Lipinski definition) is 7. The molecule has 19 heavy (non-hydrogen) atoms. The molecule has 7 heteroatoms. The molecule has 0 aliphatic carbocycles. The third-order valence-electron chi connectivity index (χ3n) is 2.81. The number of rotatable bonds is 6. The zero-order valence-electron chi connectivity index (χ0n) is 11.2. The Morgan fingerprint density at radius 3 is 2.58 bits per heavy atom. The fraction of sp³-hybridized carbons (Fsp3) is 0.667. The maximum absolute atomic E-state index is 5.55. The summed E-state index contributed by atoms with van der Waals surface area (Å²) in [5, 5.41) is 3.28. The number of hydrogen-bond donors (Lipinski definition) is 1. The number of nitrogens with one attached hydrogen (secondary N) is 1. The second-order valence-electron chi connectivity index (χ2n) is 4.07. The van der Waals surface area contributed by atoms with E-state index in [1.807, 2.05) is 0 Å². The van der Waals surface area contributed by atoms with Crippen LogP contribution in [0.2, 0.25) is 0 Å². The van der Waals surface area contributed by atoms with E-state index in [0.717, 1.165) is 5.56 Å². The van der Waals surface area contributed by atoms with Crippen LogP contribution in [0.25, 0.3) is 0 Å². The zero-order chi connectivity index (χ0) is 13.5. The number of ether oxygens (including phenoxy) is 4. The van der Waals surface area contributed by atoms with Crippen LogP contribution in [0.4, 0.5) is 0 Å². The average Bonchev–Trinajstić information content (AvgIpc) is 2.48. The van der Waals surface area contributed by atoms with Crippen molar-refractivity contribution in [3.05, 3.63) is 11.9 Å². The van der Waals surface area contributed by atoms with Gasteiger partial charge < -0.3 is 24.3 Å². The molecule has 1 aromatic rings. The minimum absolute atomic E-state index is 0.0790. The quantitative estimate of drug-likeness (QED) is 0.779. The Balaban J connectivity index is 1.90. The normalized spacial score (nSPS) is 19.2. The molecule has 106 valence electrons. The van der Waals surface area contributed by atoms with Crippen LogP contribution in [0.15, 0.2) is 6.33 Å². The number of methoxy groups -OCH3 is 2. The second kappa shape index (κ2) is 7.22. The fourth-order valence-electron chi connectivity index (χ4n) is 1.90. The summed E-state index contributed by atoms with van der Waals surface area (Å²) in [7, 11) is 3.15. The first-order valence-electron chi connectivity index (χ1n) is 6.17. The van der Waals surface area contributed by atoms with Crippen LogP contribution in [0, 0.1) is 0 Å². The van der Waals surface area contributed by atoms with Gasteiger partial charge in [0.15, 0.2) is 0 Å². The van der Waals surface area contributed by atoms with Crippen molar-refractivity contribution in [3.63, 3.8) is 0 Å². The molecule has 1 saturated heterocycles. The molecule has 0 bridgehead atoms. The van der Waals surface area contributed by atoms with Crippen molar-refractivity contribution in [2.45, 2.75) is 12.6 Å². The van der Waals surface area contributed by atoms with Gasteiger partial charge in [0, 0.05) is 13.1 Å². The van der Waals surface area contributed by atoms with Crippen molar-refractivity contribution < 1.29 is 18.9 Å². The minimum Gasteiger partial charge on any atom is -0.481 e. The molecule has 1 aliphatic rings. The lowest BCUT2D eigenvalue weighted by molar-refractivity contribution is -0.0864. The van der Waals surface area contributed by atoms with Crippen molar-refractivity contribution in [1.82, 2.24) is 15.3 Å². The van der Waals surface area contributed by atoms with Crippen LogP contribution in [0.5, 0.6) is 11.8 Å². The third-order valence-corrected chi connectivity index (χ3v) is 2.81. The van der Waals surface area contributed by atoms with Gasteiger partial charge in [0.1, 0.15) is 6.33 Å². The predicted octanol–water partition coefficient (Wildman–Crippen LogP) is -0.00120. The molecular weight excluding hydrogens is 250 g/mol. The Hall–Kier alpha value is -1.44. The summed E-state index contributed by atoms with van der Waals surface area (Å²) in [6, 6.07) is 0. The van der Waals surface area contributed by atoms with E-state index in [9.17, 15) is 0 Å². The van der Waals surface area contributed by atoms with Crippen molar-refractivity contribution in [3.8, 4) is 11.8 Å².